The lowest BCUT2D eigenvalue weighted by Gasteiger charge is -2.37. The van der Waals surface area contributed by atoms with E-state index in [0.29, 0.717) is 5.92 Å². The molecule has 1 saturated heterocycles. The largest absolute Gasteiger partial charge is 0.369 e. The van der Waals surface area contributed by atoms with E-state index < -0.39 is 0 Å². The van der Waals surface area contributed by atoms with Crippen molar-refractivity contribution in [2.75, 3.05) is 24.5 Å². The number of hydrogen-bond acceptors (Lipinski definition) is 3. The summed E-state index contributed by atoms with van der Waals surface area (Å²) in [4.78, 5) is 2.56. The molecule has 2 rings (SSSR count). The summed E-state index contributed by atoms with van der Waals surface area (Å²) in [5.74, 6) is 0.708. The van der Waals surface area contributed by atoms with E-state index in [9.17, 15) is 0 Å². The zero-order valence-corrected chi connectivity index (χ0v) is 15.0. The standard InChI is InChI=1S/C18H30N2S/c1-13(2)9-19-10-17-6-7-18(14(3)8-17)20-11-15(4)21-16(5)12-20/h6-8,13,15-16,19H,9-12H2,1-5H3. The van der Waals surface area contributed by atoms with Crippen LogP contribution in [0.25, 0.3) is 0 Å². The molecule has 1 aromatic carbocycles. The molecule has 0 bridgehead atoms. The van der Waals surface area contributed by atoms with Crippen molar-refractivity contribution in [3.8, 4) is 0 Å². The van der Waals surface area contributed by atoms with Crippen LogP contribution in [-0.4, -0.2) is 30.1 Å². The Kier molecular flexibility index (Phi) is 6.00. The molecule has 0 saturated carbocycles. The molecule has 1 aliphatic heterocycles. The summed E-state index contributed by atoms with van der Waals surface area (Å²) in [5, 5.41) is 4.97. The Hall–Kier alpha value is -0.670. The van der Waals surface area contributed by atoms with E-state index in [1.165, 1.54) is 29.9 Å². The molecule has 21 heavy (non-hydrogen) atoms. The van der Waals surface area contributed by atoms with E-state index in [2.05, 4.69) is 74.8 Å². The lowest BCUT2D eigenvalue weighted by atomic mass is 10.1. The Balaban J connectivity index is 2.01. The summed E-state index contributed by atoms with van der Waals surface area (Å²) >= 11 is 2.11. The minimum Gasteiger partial charge on any atom is -0.369 e. The Labute approximate surface area is 134 Å². The van der Waals surface area contributed by atoms with Crippen molar-refractivity contribution in [2.24, 2.45) is 5.92 Å². The maximum absolute atomic E-state index is 3.52. The van der Waals surface area contributed by atoms with Gasteiger partial charge in [-0.25, -0.2) is 0 Å². The molecule has 1 aromatic rings. The molecular formula is C18H30N2S. The minimum absolute atomic E-state index is 0.708. The maximum Gasteiger partial charge on any atom is 0.0396 e. The highest BCUT2D eigenvalue weighted by Gasteiger charge is 2.23. The van der Waals surface area contributed by atoms with Gasteiger partial charge in [0.15, 0.2) is 0 Å². The van der Waals surface area contributed by atoms with Crippen LogP contribution in [0, 0.1) is 12.8 Å². The summed E-state index contributed by atoms with van der Waals surface area (Å²) in [6.45, 7) is 15.8. The predicted molar refractivity (Wildman–Crippen MR) is 96.5 cm³/mol. The predicted octanol–water partition coefficient (Wildman–Crippen LogP) is 4.07. The second kappa shape index (κ2) is 7.55. The van der Waals surface area contributed by atoms with Crippen molar-refractivity contribution < 1.29 is 0 Å². The van der Waals surface area contributed by atoms with Crippen LogP contribution in [0.5, 0.6) is 0 Å². The highest BCUT2D eigenvalue weighted by atomic mass is 32.2. The van der Waals surface area contributed by atoms with E-state index in [1.54, 1.807) is 0 Å². The molecule has 1 N–H and O–H groups in total. The number of nitrogens with zero attached hydrogens (tertiary/aromatic N) is 1. The van der Waals surface area contributed by atoms with Gasteiger partial charge in [0.25, 0.3) is 0 Å². The van der Waals surface area contributed by atoms with Crippen LogP contribution in [0.1, 0.15) is 38.8 Å². The number of hydrogen-bond donors (Lipinski definition) is 1. The zero-order chi connectivity index (χ0) is 15.4. The lowest BCUT2D eigenvalue weighted by molar-refractivity contribution is 0.552. The molecule has 2 unspecified atom stereocenters. The van der Waals surface area contributed by atoms with E-state index >= 15 is 0 Å². The fourth-order valence-corrected chi connectivity index (χ4v) is 4.39. The Morgan fingerprint density at radius 2 is 1.90 bits per heavy atom. The smallest absolute Gasteiger partial charge is 0.0396 e. The monoisotopic (exact) mass is 306 g/mol. The maximum atomic E-state index is 3.52. The average molecular weight is 307 g/mol. The van der Waals surface area contributed by atoms with Crippen LogP contribution < -0.4 is 10.2 Å². The molecule has 1 heterocycles. The normalized spacial score (nSPS) is 22.9. The van der Waals surface area contributed by atoms with Gasteiger partial charge in [0, 0.05) is 35.8 Å². The van der Waals surface area contributed by atoms with Crippen LogP contribution >= 0.6 is 11.8 Å². The first-order valence-corrected chi connectivity index (χ1v) is 9.10. The van der Waals surface area contributed by atoms with Gasteiger partial charge < -0.3 is 10.2 Å². The third kappa shape index (κ3) is 4.93. The van der Waals surface area contributed by atoms with E-state index in [-0.39, 0.29) is 0 Å². The van der Waals surface area contributed by atoms with Crippen LogP contribution in [-0.2, 0) is 6.54 Å². The van der Waals surface area contributed by atoms with E-state index in [4.69, 9.17) is 0 Å². The van der Waals surface area contributed by atoms with Crippen molar-refractivity contribution >= 4 is 17.4 Å². The molecule has 118 valence electrons. The van der Waals surface area contributed by atoms with Gasteiger partial charge in [0.1, 0.15) is 0 Å². The van der Waals surface area contributed by atoms with Gasteiger partial charge in [-0.2, -0.15) is 11.8 Å². The molecule has 1 aliphatic rings. The molecule has 0 aliphatic carbocycles. The molecule has 0 radical (unpaired) electrons. The topological polar surface area (TPSA) is 15.3 Å². The van der Waals surface area contributed by atoms with Gasteiger partial charge in [-0.1, -0.05) is 39.8 Å². The van der Waals surface area contributed by atoms with Gasteiger partial charge >= 0.3 is 0 Å². The molecule has 3 heteroatoms. The van der Waals surface area contributed by atoms with Gasteiger partial charge in [0.05, 0.1) is 0 Å². The number of anilines is 1. The number of rotatable bonds is 5. The molecular weight excluding hydrogens is 276 g/mol. The minimum atomic E-state index is 0.708. The first-order chi connectivity index (χ1) is 9.95. The van der Waals surface area contributed by atoms with E-state index in [1.807, 2.05) is 0 Å². The summed E-state index contributed by atoms with van der Waals surface area (Å²) < 4.78 is 0. The fraction of sp³-hybridized carbons (Fsp3) is 0.667. The van der Waals surface area contributed by atoms with Crippen LogP contribution in [0.3, 0.4) is 0 Å². The highest BCUT2D eigenvalue weighted by molar-refractivity contribution is 8.00. The molecule has 0 spiro atoms. The number of thioether (sulfide) groups is 1. The van der Waals surface area contributed by atoms with E-state index in [0.717, 1.165) is 23.6 Å². The summed E-state index contributed by atoms with van der Waals surface area (Å²) in [6.07, 6.45) is 0. The third-order valence-corrected chi connectivity index (χ3v) is 5.13. The second-order valence-corrected chi connectivity index (χ2v) is 8.69. The fourth-order valence-electron chi connectivity index (χ4n) is 3.06. The third-order valence-electron chi connectivity index (χ3n) is 3.90. The quantitative estimate of drug-likeness (QED) is 0.883. The van der Waals surface area contributed by atoms with Crippen LogP contribution in [0.4, 0.5) is 5.69 Å². The van der Waals surface area contributed by atoms with Crippen molar-refractivity contribution in [1.29, 1.82) is 0 Å². The Bertz CT molecular complexity index is 449. The van der Waals surface area contributed by atoms with Crippen molar-refractivity contribution in [3.05, 3.63) is 29.3 Å². The summed E-state index contributed by atoms with van der Waals surface area (Å²) in [6, 6.07) is 6.95. The van der Waals surface area contributed by atoms with Crippen molar-refractivity contribution in [2.45, 2.75) is 51.7 Å². The molecule has 2 nitrogen and oxygen atoms in total. The zero-order valence-electron chi connectivity index (χ0n) is 14.1. The summed E-state index contributed by atoms with van der Waals surface area (Å²) in [5.41, 5.74) is 4.22. The van der Waals surface area contributed by atoms with Gasteiger partial charge in [-0.05, 0) is 36.6 Å². The number of nitrogens with one attached hydrogen (secondary N) is 1. The first-order valence-electron chi connectivity index (χ1n) is 8.16. The van der Waals surface area contributed by atoms with Crippen LogP contribution in [0.2, 0.25) is 0 Å². The molecule has 0 aromatic heterocycles. The molecule has 1 fully saturated rings. The van der Waals surface area contributed by atoms with Crippen molar-refractivity contribution in [3.63, 3.8) is 0 Å². The average Bonchev–Trinajstić information content (AvgIpc) is 2.37. The van der Waals surface area contributed by atoms with Gasteiger partial charge in [-0.15, -0.1) is 0 Å². The second-order valence-electron chi connectivity index (χ2n) is 6.81. The van der Waals surface area contributed by atoms with Gasteiger partial charge in [-0.3, -0.25) is 0 Å². The number of aryl methyl sites for hydroxylation is 1. The SMILES string of the molecule is Cc1cc(CNCC(C)C)ccc1N1CC(C)SC(C)C1. The highest BCUT2D eigenvalue weighted by Crippen LogP contribution is 2.30. The van der Waals surface area contributed by atoms with Crippen LogP contribution in [0.15, 0.2) is 18.2 Å². The first kappa shape index (κ1) is 16.7. The molecule has 2 atom stereocenters. The molecule has 0 amide bonds. The van der Waals surface area contributed by atoms with Gasteiger partial charge in [0.2, 0.25) is 0 Å². The Morgan fingerprint density at radius 3 is 2.48 bits per heavy atom. The summed E-state index contributed by atoms with van der Waals surface area (Å²) in [7, 11) is 0. The van der Waals surface area contributed by atoms with Crippen molar-refractivity contribution in [1.82, 2.24) is 5.32 Å². The Morgan fingerprint density at radius 1 is 1.24 bits per heavy atom. The lowest BCUT2D eigenvalue weighted by Crippen LogP contribution is -2.40. The number of benzene rings is 1.